The van der Waals surface area contributed by atoms with E-state index in [1.54, 1.807) is 37.4 Å². The molecule has 0 unspecified atom stereocenters. The number of fused-ring (bicyclic) bond motifs is 1. The quantitative estimate of drug-likeness (QED) is 0.236. The van der Waals surface area contributed by atoms with Crippen LogP contribution in [0.1, 0.15) is 12.5 Å². The number of nitrogens with one attached hydrogen (secondary N) is 1. The first kappa shape index (κ1) is 26.0. The molecule has 9 nitrogen and oxygen atoms in total. The van der Waals surface area contributed by atoms with Gasteiger partial charge in [0.2, 0.25) is 0 Å². The van der Waals surface area contributed by atoms with Crippen molar-refractivity contribution < 1.29 is 50.4 Å². The summed E-state index contributed by atoms with van der Waals surface area (Å²) in [6, 6.07) is 12.8. The minimum absolute atomic E-state index is 0. The molecule has 0 amide bonds. The van der Waals surface area contributed by atoms with Gasteiger partial charge in [0.1, 0.15) is 10.6 Å². The van der Waals surface area contributed by atoms with Crippen LogP contribution in [0.5, 0.6) is 5.75 Å². The van der Waals surface area contributed by atoms with E-state index in [2.05, 4.69) is 36.0 Å². The number of aromatic hydroxyl groups is 1. The van der Waals surface area contributed by atoms with Crippen molar-refractivity contribution in [3.63, 3.8) is 0 Å². The topological polar surface area (TPSA) is 125 Å². The van der Waals surface area contributed by atoms with Gasteiger partial charge >= 0.3 is 0 Å². The van der Waals surface area contributed by atoms with Crippen LogP contribution in [-0.2, 0) is 47.0 Å². The van der Waals surface area contributed by atoms with Crippen LogP contribution in [0.3, 0.4) is 0 Å². The summed E-state index contributed by atoms with van der Waals surface area (Å²) in [5.74, 6) is -0.318. The number of hydrogen-bond acceptors (Lipinski definition) is 9. The van der Waals surface area contributed by atoms with Gasteiger partial charge in [-0.15, -0.1) is 22.8 Å². The van der Waals surface area contributed by atoms with Crippen LogP contribution in [0, 0.1) is 13.0 Å². The molecule has 0 heterocycles. The number of hydrogen-bond donors (Lipinski definition) is 2. The first-order chi connectivity index (χ1) is 14.8. The van der Waals surface area contributed by atoms with Crippen LogP contribution >= 0.6 is 0 Å². The van der Waals surface area contributed by atoms with E-state index in [-0.39, 0.29) is 49.0 Å². The Morgan fingerprint density at radius 1 is 1.19 bits per heavy atom. The average Bonchev–Trinajstić information content (AvgIpc) is 2.75. The second kappa shape index (κ2) is 11.0. The summed E-state index contributed by atoms with van der Waals surface area (Å²) in [4.78, 5) is -0.287. The number of nitrogens with zero attached hydrogens (tertiary/aromatic N) is 4. The number of phenols is 1. The molecule has 165 valence electrons. The molecule has 0 saturated heterocycles. The Morgan fingerprint density at radius 2 is 1.94 bits per heavy atom. The molecule has 0 aromatic heterocycles. The van der Waals surface area contributed by atoms with E-state index in [1.807, 2.05) is 13.8 Å². The van der Waals surface area contributed by atoms with Crippen molar-refractivity contribution in [1.29, 1.82) is 0 Å². The van der Waals surface area contributed by atoms with E-state index < -0.39 is 10.1 Å². The molecule has 0 bridgehead atoms. The van der Waals surface area contributed by atoms with Crippen LogP contribution in [-0.4, -0.2) is 34.2 Å². The molecule has 0 atom stereocenters. The zero-order valence-corrected chi connectivity index (χ0v) is 21.8. The Hall–Kier alpha value is -2.27. The van der Waals surface area contributed by atoms with E-state index in [4.69, 9.17) is 0 Å². The molecular formula is C21H22N5O4SY-. The van der Waals surface area contributed by atoms with E-state index in [1.165, 1.54) is 6.07 Å². The maximum absolute atomic E-state index is 12.5. The summed E-state index contributed by atoms with van der Waals surface area (Å²) < 4.78 is 29.7. The van der Waals surface area contributed by atoms with Gasteiger partial charge in [0.15, 0.2) is 5.75 Å². The van der Waals surface area contributed by atoms with Crippen molar-refractivity contribution in [2.75, 3.05) is 26.0 Å². The van der Waals surface area contributed by atoms with Crippen LogP contribution in [0.2, 0.25) is 0 Å². The monoisotopic (exact) mass is 529 g/mol. The number of aryl methyl sites for hydroxylation is 1. The molecule has 0 aliphatic carbocycles. The first-order valence-corrected chi connectivity index (χ1v) is 10.8. The summed E-state index contributed by atoms with van der Waals surface area (Å²) in [6.07, 6.45) is 0. The molecule has 0 aliphatic rings. The van der Waals surface area contributed by atoms with Crippen LogP contribution in [0.15, 0.2) is 61.8 Å². The van der Waals surface area contributed by atoms with E-state index in [9.17, 15) is 13.5 Å². The van der Waals surface area contributed by atoms with Gasteiger partial charge in [-0.2, -0.15) is 19.6 Å². The number of benzene rings is 3. The second-order valence-corrected chi connectivity index (χ2v) is 8.19. The number of phenolic OH excluding ortho intramolecular Hbond substituents is 1. The molecule has 3 aromatic carbocycles. The summed E-state index contributed by atoms with van der Waals surface area (Å²) in [7, 11) is -1.56. The molecule has 3 aromatic rings. The minimum atomic E-state index is -4.17. The fourth-order valence-electron chi connectivity index (χ4n) is 3.07. The third-order valence-corrected chi connectivity index (χ3v) is 5.80. The van der Waals surface area contributed by atoms with Gasteiger partial charge in [-0.05, 0) is 35.8 Å². The van der Waals surface area contributed by atoms with Gasteiger partial charge in [-0.25, -0.2) is 10.2 Å². The molecule has 32 heavy (non-hydrogen) atoms. The molecule has 0 spiro atoms. The van der Waals surface area contributed by atoms with Gasteiger partial charge < -0.3 is 10.4 Å². The van der Waals surface area contributed by atoms with Gasteiger partial charge in [0, 0.05) is 57.4 Å². The maximum Gasteiger partial charge on any atom is 0.299 e. The molecule has 0 fully saturated rings. The predicted molar refractivity (Wildman–Crippen MR) is 119 cm³/mol. The second-order valence-electron chi connectivity index (χ2n) is 6.51. The Morgan fingerprint density at radius 3 is 2.56 bits per heavy atom. The Bertz CT molecular complexity index is 1290. The molecule has 0 aliphatic heterocycles. The maximum atomic E-state index is 12.5. The number of azo groups is 2. The Labute approximate surface area is 212 Å². The molecule has 2 N–H and O–H groups in total. The van der Waals surface area contributed by atoms with Crippen molar-refractivity contribution in [3.05, 3.63) is 48.0 Å². The average molecular weight is 529 g/mol. The summed E-state index contributed by atoms with van der Waals surface area (Å²) in [5.41, 5.74) is 2.19. The minimum Gasteiger partial charge on any atom is -0.505 e. The van der Waals surface area contributed by atoms with E-state index in [0.29, 0.717) is 34.4 Å². The van der Waals surface area contributed by atoms with Crippen LogP contribution in [0.4, 0.5) is 22.7 Å². The Balaban J connectivity index is 0.00000363. The van der Waals surface area contributed by atoms with Crippen molar-refractivity contribution in [2.45, 2.75) is 18.7 Å². The normalized spacial score (nSPS) is 11.9. The van der Waals surface area contributed by atoms with Gasteiger partial charge in [-0.1, -0.05) is 19.1 Å². The van der Waals surface area contributed by atoms with Crippen molar-refractivity contribution in [3.8, 4) is 5.75 Å². The molecular weight excluding hydrogens is 507 g/mol. The van der Waals surface area contributed by atoms with Crippen LogP contribution < -0.4 is 5.32 Å². The Kier molecular flexibility index (Phi) is 8.97. The largest absolute Gasteiger partial charge is 0.505 e. The third-order valence-electron chi connectivity index (χ3n) is 4.51. The fourth-order valence-corrected chi connectivity index (χ4v) is 3.89. The van der Waals surface area contributed by atoms with E-state index in [0.717, 1.165) is 12.7 Å². The van der Waals surface area contributed by atoms with Gasteiger partial charge in [0.25, 0.3) is 10.1 Å². The SMILES string of the molecule is CCNc1cccc2cc(S(=O)(=O)OC)c(N=Nc3[c-]cc(N=NC)c(C)c3)c(O)c12.[Y]. The summed E-state index contributed by atoms with van der Waals surface area (Å²) in [5, 5.41) is 31.0. The predicted octanol–water partition coefficient (Wildman–Crippen LogP) is 5.55. The van der Waals surface area contributed by atoms with Gasteiger partial charge in [-0.3, -0.25) is 4.18 Å². The zero-order valence-electron chi connectivity index (χ0n) is 18.1. The number of anilines is 1. The van der Waals surface area contributed by atoms with Crippen molar-refractivity contribution >= 4 is 43.6 Å². The summed E-state index contributed by atoms with van der Waals surface area (Å²) in [6.45, 7) is 4.36. The fraction of sp³-hybridized carbons (Fsp3) is 0.238. The van der Waals surface area contributed by atoms with Gasteiger partial charge in [0.05, 0.1) is 7.11 Å². The molecule has 3 rings (SSSR count). The van der Waals surface area contributed by atoms with Crippen LogP contribution in [0.25, 0.3) is 10.8 Å². The molecule has 0 saturated carbocycles. The first-order valence-electron chi connectivity index (χ1n) is 9.39. The zero-order chi connectivity index (χ0) is 22.6. The van der Waals surface area contributed by atoms with E-state index >= 15 is 0 Å². The third kappa shape index (κ3) is 5.37. The smallest absolute Gasteiger partial charge is 0.299 e. The molecule has 11 heteroatoms. The number of rotatable bonds is 7. The standard InChI is InChI=1S/C21H22N5O4S.Y/c1-5-23-17-8-6-7-14-12-18(31(28,29)30-4)20(21(27)19(14)17)26-24-15-9-10-16(25-22-3)13(2)11-15;/h6-8,10-12,23,27H,5H2,1-4H3;/q-1;. The van der Waals surface area contributed by atoms with Crippen molar-refractivity contribution in [1.82, 2.24) is 0 Å². The van der Waals surface area contributed by atoms with Crippen molar-refractivity contribution in [2.24, 2.45) is 20.5 Å². The summed E-state index contributed by atoms with van der Waals surface area (Å²) >= 11 is 0. The molecule has 1 radical (unpaired) electrons.